The van der Waals surface area contributed by atoms with E-state index in [1.165, 1.54) is 0 Å². The Hall–Kier alpha value is -1.47. The molecule has 86 valence electrons. The minimum absolute atomic E-state index is 0.0851. The third-order valence-corrected chi connectivity index (χ3v) is 2.25. The number of benzene rings is 1. The molecule has 0 aliphatic rings. The molecule has 1 aromatic rings. The van der Waals surface area contributed by atoms with Gasteiger partial charge < -0.3 is 10.0 Å². The summed E-state index contributed by atoms with van der Waals surface area (Å²) in [6.07, 6.45) is 0. The van der Waals surface area contributed by atoms with E-state index in [0.29, 0.717) is 5.56 Å². The van der Waals surface area contributed by atoms with Gasteiger partial charge in [-0.1, -0.05) is 13.8 Å². The second-order valence-electron chi connectivity index (χ2n) is 3.72. The maximum Gasteiger partial charge on any atom is 0.498 e. The Morgan fingerprint density at radius 1 is 1.44 bits per heavy atom. The Kier molecular flexibility index (Phi) is 3.61. The lowest BCUT2D eigenvalue weighted by atomic mass is 9.77. The lowest BCUT2D eigenvalue weighted by Gasteiger charge is -2.09. The number of nitro groups is 1. The molecule has 7 heteroatoms. The van der Waals surface area contributed by atoms with Crippen LogP contribution in [-0.4, -0.2) is 22.1 Å². The number of hydrogen-bond acceptors (Lipinski definition) is 4. The van der Waals surface area contributed by atoms with E-state index < -0.39 is 29.0 Å². The molecule has 0 unspecified atom stereocenters. The average molecular weight is 227 g/mol. The highest BCUT2D eigenvalue weighted by atomic mass is 19.1. The Bertz CT molecular complexity index is 422. The van der Waals surface area contributed by atoms with E-state index in [2.05, 4.69) is 0 Å². The summed E-state index contributed by atoms with van der Waals surface area (Å²) in [5, 5.41) is 28.4. The Balaban J connectivity index is 3.45. The molecule has 5 nitrogen and oxygen atoms in total. The predicted molar refractivity (Wildman–Crippen MR) is 57.0 cm³/mol. The van der Waals surface area contributed by atoms with Gasteiger partial charge in [0.25, 0.3) is 5.69 Å². The maximum atomic E-state index is 13.5. The molecule has 0 saturated carbocycles. The van der Waals surface area contributed by atoms with Gasteiger partial charge in [0, 0.05) is 6.07 Å². The highest BCUT2D eigenvalue weighted by Gasteiger charge is 2.29. The topological polar surface area (TPSA) is 83.6 Å². The van der Waals surface area contributed by atoms with E-state index >= 15 is 0 Å². The normalized spacial score (nSPS) is 10.6. The van der Waals surface area contributed by atoms with Gasteiger partial charge in [-0.15, -0.1) is 0 Å². The van der Waals surface area contributed by atoms with Gasteiger partial charge in [-0.25, -0.2) is 4.39 Å². The largest absolute Gasteiger partial charge is 0.498 e. The lowest BCUT2D eigenvalue weighted by molar-refractivity contribution is -0.383. The van der Waals surface area contributed by atoms with Gasteiger partial charge in [-0.2, -0.15) is 0 Å². The van der Waals surface area contributed by atoms with Gasteiger partial charge in [0.2, 0.25) is 0 Å². The van der Waals surface area contributed by atoms with Crippen molar-refractivity contribution in [2.45, 2.75) is 19.8 Å². The molecule has 0 aliphatic heterocycles. The van der Waals surface area contributed by atoms with Gasteiger partial charge in [0.1, 0.15) is 5.82 Å². The van der Waals surface area contributed by atoms with Crippen molar-refractivity contribution in [1.82, 2.24) is 0 Å². The van der Waals surface area contributed by atoms with Crippen molar-refractivity contribution in [3.63, 3.8) is 0 Å². The lowest BCUT2D eigenvalue weighted by Crippen LogP contribution is -2.35. The van der Waals surface area contributed by atoms with E-state index in [9.17, 15) is 14.5 Å². The van der Waals surface area contributed by atoms with Crippen LogP contribution in [0.1, 0.15) is 25.3 Å². The first kappa shape index (κ1) is 12.6. The zero-order valence-electron chi connectivity index (χ0n) is 8.85. The van der Waals surface area contributed by atoms with Crippen molar-refractivity contribution in [2.24, 2.45) is 0 Å². The molecule has 0 fully saturated rings. The van der Waals surface area contributed by atoms with Crippen molar-refractivity contribution >= 4 is 18.3 Å². The number of halogens is 1. The summed E-state index contributed by atoms with van der Waals surface area (Å²) in [6, 6.07) is 2.23. The highest BCUT2D eigenvalue weighted by Crippen LogP contribution is 2.21. The van der Waals surface area contributed by atoms with Crippen LogP contribution in [0, 0.1) is 15.9 Å². The molecule has 16 heavy (non-hydrogen) atoms. The second-order valence-corrected chi connectivity index (χ2v) is 3.72. The molecular weight excluding hydrogens is 216 g/mol. The SMILES string of the molecule is CC(C)c1cc(F)c(B(O)O)c([N+](=O)[O-])c1. The smallest absolute Gasteiger partial charge is 0.423 e. The minimum Gasteiger partial charge on any atom is -0.423 e. The van der Waals surface area contributed by atoms with Crippen LogP contribution in [0.15, 0.2) is 12.1 Å². The summed E-state index contributed by atoms with van der Waals surface area (Å²) in [5.74, 6) is -1.06. The number of rotatable bonds is 3. The molecule has 0 aliphatic carbocycles. The summed E-state index contributed by atoms with van der Waals surface area (Å²) >= 11 is 0. The third-order valence-electron chi connectivity index (χ3n) is 2.25. The molecule has 0 radical (unpaired) electrons. The van der Waals surface area contributed by atoms with Crippen molar-refractivity contribution < 1.29 is 19.4 Å². The van der Waals surface area contributed by atoms with Crippen LogP contribution in [0.2, 0.25) is 0 Å². The average Bonchev–Trinajstić information content (AvgIpc) is 2.15. The van der Waals surface area contributed by atoms with Crippen LogP contribution < -0.4 is 5.46 Å². The first-order valence-corrected chi connectivity index (χ1v) is 4.68. The number of nitro benzene ring substituents is 1. The summed E-state index contributed by atoms with van der Waals surface area (Å²) in [6.45, 7) is 3.51. The van der Waals surface area contributed by atoms with E-state index in [1.54, 1.807) is 13.8 Å². The van der Waals surface area contributed by atoms with Crippen molar-refractivity contribution in [1.29, 1.82) is 0 Å². The molecule has 0 amide bonds. The fraction of sp³-hybridized carbons (Fsp3) is 0.333. The van der Waals surface area contributed by atoms with Gasteiger partial charge in [-0.05, 0) is 17.5 Å². The Labute approximate surface area is 91.8 Å². The third kappa shape index (κ3) is 2.37. The summed E-state index contributed by atoms with van der Waals surface area (Å²) in [5.41, 5.74) is -0.873. The monoisotopic (exact) mass is 227 g/mol. The molecule has 1 aromatic carbocycles. The molecule has 0 heterocycles. The highest BCUT2D eigenvalue weighted by molar-refractivity contribution is 6.60. The van der Waals surface area contributed by atoms with E-state index in [-0.39, 0.29) is 5.92 Å². The van der Waals surface area contributed by atoms with Crippen LogP contribution in [0.4, 0.5) is 10.1 Å². The molecule has 0 spiro atoms. The van der Waals surface area contributed by atoms with E-state index in [1.807, 2.05) is 0 Å². The van der Waals surface area contributed by atoms with Gasteiger partial charge in [0.15, 0.2) is 0 Å². The molecule has 0 bridgehead atoms. The standard InChI is InChI=1S/C9H11BFNO4/c1-5(2)6-3-7(11)9(10(13)14)8(4-6)12(15)16/h3-5,13-14H,1-2H3. The van der Waals surface area contributed by atoms with Crippen LogP contribution in [-0.2, 0) is 0 Å². The van der Waals surface area contributed by atoms with Crippen LogP contribution in [0.5, 0.6) is 0 Å². The van der Waals surface area contributed by atoms with Crippen molar-refractivity contribution in [3.05, 3.63) is 33.6 Å². The Morgan fingerprint density at radius 2 is 2.00 bits per heavy atom. The summed E-state index contributed by atoms with van der Waals surface area (Å²) in [4.78, 5) is 9.84. The molecular formula is C9H11BFNO4. The minimum atomic E-state index is -2.19. The Morgan fingerprint density at radius 3 is 2.38 bits per heavy atom. The van der Waals surface area contributed by atoms with Crippen LogP contribution in [0.25, 0.3) is 0 Å². The predicted octanol–water partition coefficient (Wildman–Crippen LogP) is 0.537. The second kappa shape index (κ2) is 4.59. The van der Waals surface area contributed by atoms with Crippen LogP contribution in [0.3, 0.4) is 0 Å². The first-order chi connectivity index (χ1) is 7.34. The molecule has 1 rings (SSSR count). The first-order valence-electron chi connectivity index (χ1n) is 4.68. The molecule has 2 N–H and O–H groups in total. The van der Waals surface area contributed by atoms with Gasteiger partial charge in [-0.3, -0.25) is 10.1 Å². The molecule has 0 aromatic heterocycles. The molecule has 0 saturated heterocycles. The van der Waals surface area contributed by atoms with E-state index in [4.69, 9.17) is 10.0 Å². The fourth-order valence-corrected chi connectivity index (χ4v) is 1.36. The summed E-state index contributed by atoms with van der Waals surface area (Å²) < 4.78 is 13.5. The van der Waals surface area contributed by atoms with Crippen molar-refractivity contribution in [2.75, 3.05) is 0 Å². The number of hydrogen-bond donors (Lipinski definition) is 2. The quantitative estimate of drug-likeness (QED) is 0.448. The van der Waals surface area contributed by atoms with E-state index in [0.717, 1.165) is 12.1 Å². The van der Waals surface area contributed by atoms with Crippen molar-refractivity contribution in [3.8, 4) is 0 Å². The zero-order valence-corrected chi connectivity index (χ0v) is 8.85. The van der Waals surface area contributed by atoms with Crippen LogP contribution >= 0.6 is 0 Å². The zero-order chi connectivity index (χ0) is 12.5. The summed E-state index contributed by atoms with van der Waals surface area (Å²) in [7, 11) is -2.19. The van der Waals surface area contributed by atoms with Gasteiger partial charge >= 0.3 is 7.12 Å². The number of nitrogens with zero attached hydrogens (tertiary/aromatic N) is 1. The fourth-order valence-electron chi connectivity index (χ4n) is 1.36. The van der Waals surface area contributed by atoms with Gasteiger partial charge in [0.05, 0.1) is 10.4 Å². The maximum absolute atomic E-state index is 13.5. The molecule has 0 atom stereocenters.